The Kier molecular flexibility index (Phi) is 6.72. The normalized spacial score (nSPS) is 10.8. The largest absolute Gasteiger partial charge is 0.497 e. The number of carbonyl (C=O) groups is 1. The van der Waals surface area contributed by atoms with Gasteiger partial charge in [0.2, 0.25) is 0 Å². The lowest BCUT2D eigenvalue weighted by Crippen LogP contribution is -2.26. The maximum Gasteiger partial charge on any atom is 0.359 e. The minimum Gasteiger partial charge on any atom is -0.497 e. The highest BCUT2D eigenvalue weighted by atomic mass is 28.3. The molecule has 1 heterocycles. The summed E-state index contributed by atoms with van der Waals surface area (Å²) in [6, 6.07) is 15.5. The zero-order valence-corrected chi connectivity index (χ0v) is 18.1. The van der Waals surface area contributed by atoms with Crippen molar-refractivity contribution in [2.75, 3.05) is 13.7 Å². The van der Waals surface area contributed by atoms with Crippen molar-refractivity contribution in [2.24, 2.45) is 0 Å². The van der Waals surface area contributed by atoms with Gasteiger partial charge in [0.1, 0.15) is 26.9 Å². The van der Waals surface area contributed by atoms with Crippen molar-refractivity contribution in [3.63, 3.8) is 0 Å². The molecule has 29 heavy (non-hydrogen) atoms. The Labute approximate surface area is 172 Å². The van der Waals surface area contributed by atoms with Crippen LogP contribution in [0.1, 0.15) is 23.0 Å². The SMILES string of the molecule is CCOC(=O)c1n[nH]c([Si](C)C)c1-c1ccc(OCc2ccc(OC)cc2)cc1. The molecule has 0 saturated carbocycles. The van der Waals surface area contributed by atoms with Gasteiger partial charge in [-0.05, 0) is 42.3 Å². The third-order valence-electron chi connectivity index (χ3n) is 4.44. The first-order chi connectivity index (χ1) is 14.0. The molecule has 0 saturated heterocycles. The second-order valence-electron chi connectivity index (χ2n) is 6.70. The molecule has 0 fully saturated rings. The number of hydrogen-bond donors (Lipinski definition) is 1. The lowest BCUT2D eigenvalue weighted by molar-refractivity contribution is 0.0520. The number of methoxy groups -OCH3 is 1. The summed E-state index contributed by atoms with van der Waals surface area (Å²) in [5, 5.41) is 8.27. The van der Waals surface area contributed by atoms with Crippen LogP contribution in [0, 0.1) is 0 Å². The van der Waals surface area contributed by atoms with Gasteiger partial charge in [-0.15, -0.1) is 0 Å². The van der Waals surface area contributed by atoms with Gasteiger partial charge in [0.05, 0.1) is 13.7 Å². The number of nitrogens with one attached hydrogen (secondary N) is 1. The van der Waals surface area contributed by atoms with Crippen molar-refractivity contribution < 1.29 is 19.0 Å². The maximum absolute atomic E-state index is 12.3. The summed E-state index contributed by atoms with van der Waals surface area (Å²) in [4.78, 5) is 12.3. The Morgan fingerprint density at radius 2 is 1.69 bits per heavy atom. The number of benzene rings is 2. The molecule has 0 aliphatic rings. The third-order valence-corrected chi connectivity index (χ3v) is 5.80. The van der Waals surface area contributed by atoms with E-state index in [1.807, 2.05) is 48.5 Å². The maximum atomic E-state index is 12.3. The van der Waals surface area contributed by atoms with E-state index in [1.165, 1.54) is 0 Å². The molecular formula is C22H25N2O4Si. The molecule has 0 spiro atoms. The minimum absolute atomic E-state index is 0.314. The summed E-state index contributed by atoms with van der Waals surface area (Å²) in [5.41, 5.74) is 3.13. The monoisotopic (exact) mass is 409 g/mol. The zero-order chi connectivity index (χ0) is 20.8. The van der Waals surface area contributed by atoms with E-state index in [1.54, 1.807) is 14.0 Å². The third kappa shape index (κ3) is 4.86. The number of nitrogens with zero attached hydrogens (tertiary/aromatic N) is 1. The molecule has 6 nitrogen and oxygen atoms in total. The molecule has 151 valence electrons. The van der Waals surface area contributed by atoms with Crippen LogP contribution in [0.4, 0.5) is 0 Å². The fourth-order valence-electron chi connectivity index (χ4n) is 2.94. The topological polar surface area (TPSA) is 73.4 Å². The Morgan fingerprint density at radius 1 is 1.03 bits per heavy atom. The van der Waals surface area contributed by atoms with Crippen molar-refractivity contribution in [3.05, 3.63) is 59.8 Å². The van der Waals surface area contributed by atoms with Crippen molar-refractivity contribution in [1.29, 1.82) is 0 Å². The van der Waals surface area contributed by atoms with Crippen molar-refractivity contribution in [3.8, 4) is 22.6 Å². The summed E-state index contributed by atoms with van der Waals surface area (Å²) in [5.74, 6) is 1.16. The summed E-state index contributed by atoms with van der Waals surface area (Å²) < 4.78 is 16.2. The molecule has 3 aromatic rings. The van der Waals surface area contributed by atoms with Gasteiger partial charge in [0.25, 0.3) is 0 Å². The molecule has 0 atom stereocenters. The molecule has 3 rings (SSSR count). The predicted octanol–water partition coefficient (Wildman–Crippen LogP) is 3.80. The van der Waals surface area contributed by atoms with E-state index in [-0.39, 0.29) is 0 Å². The van der Waals surface area contributed by atoms with Gasteiger partial charge in [-0.2, -0.15) is 5.10 Å². The molecule has 2 aromatic carbocycles. The lowest BCUT2D eigenvalue weighted by atomic mass is 10.1. The first kappa shape index (κ1) is 20.7. The molecule has 0 bridgehead atoms. The molecule has 1 aromatic heterocycles. The van der Waals surface area contributed by atoms with Crippen LogP contribution >= 0.6 is 0 Å². The quantitative estimate of drug-likeness (QED) is 0.452. The van der Waals surface area contributed by atoms with Crippen LogP contribution < -0.4 is 14.8 Å². The van der Waals surface area contributed by atoms with Gasteiger partial charge in [-0.1, -0.05) is 37.4 Å². The molecular weight excluding hydrogens is 384 g/mol. The number of rotatable bonds is 8. The number of H-pyrrole nitrogens is 1. The highest BCUT2D eigenvalue weighted by molar-refractivity contribution is 6.71. The van der Waals surface area contributed by atoms with Crippen LogP contribution in [0.25, 0.3) is 11.1 Å². The van der Waals surface area contributed by atoms with Crippen LogP contribution in [0.15, 0.2) is 48.5 Å². The van der Waals surface area contributed by atoms with E-state index in [4.69, 9.17) is 14.2 Å². The van der Waals surface area contributed by atoms with E-state index < -0.39 is 14.8 Å². The summed E-state index contributed by atoms with van der Waals surface area (Å²) in [7, 11) is 0.801. The first-order valence-corrected chi connectivity index (χ1v) is 12.0. The number of aromatic amines is 1. The standard InChI is InChI=1S/C22H25N2O4Si/c1-5-27-22(25)20-19(21(24-23-20)29(3)4)16-8-12-18(13-9-16)28-14-15-6-10-17(26-2)11-7-15/h6-13H,5,14H2,1-4H3,(H,23,24). The summed E-state index contributed by atoms with van der Waals surface area (Å²) >= 11 is 0. The summed E-state index contributed by atoms with van der Waals surface area (Å²) in [6.07, 6.45) is 0. The fraction of sp³-hybridized carbons (Fsp3) is 0.273. The summed E-state index contributed by atoms with van der Waals surface area (Å²) in [6.45, 7) is 6.88. The number of esters is 1. The highest BCUT2D eigenvalue weighted by Gasteiger charge is 2.23. The zero-order valence-electron chi connectivity index (χ0n) is 17.1. The van der Waals surface area contributed by atoms with E-state index in [9.17, 15) is 4.79 Å². The van der Waals surface area contributed by atoms with Crippen LogP contribution in [-0.4, -0.2) is 38.7 Å². The van der Waals surface area contributed by atoms with Gasteiger partial charge in [0, 0.05) is 10.9 Å². The highest BCUT2D eigenvalue weighted by Crippen LogP contribution is 2.25. The van der Waals surface area contributed by atoms with Gasteiger partial charge >= 0.3 is 5.97 Å². The van der Waals surface area contributed by atoms with Crippen LogP contribution in [0.5, 0.6) is 11.5 Å². The average Bonchev–Trinajstić information content (AvgIpc) is 3.19. The molecule has 0 aliphatic carbocycles. The van der Waals surface area contributed by atoms with Crippen molar-refractivity contribution >= 4 is 20.1 Å². The number of ether oxygens (including phenoxy) is 3. The van der Waals surface area contributed by atoms with E-state index in [0.717, 1.165) is 33.5 Å². The molecule has 0 aliphatic heterocycles. The predicted molar refractivity (Wildman–Crippen MR) is 114 cm³/mol. The second-order valence-corrected chi connectivity index (χ2v) is 9.20. The van der Waals surface area contributed by atoms with Crippen LogP contribution in [0.2, 0.25) is 13.1 Å². The molecule has 1 N–H and O–H groups in total. The van der Waals surface area contributed by atoms with Gasteiger partial charge in [-0.25, -0.2) is 4.79 Å². The number of aromatic nitrogens is 2. The Bertz CT molecular complexity index is 950. The Morgan fingerprint density at radius 3 is 2.28 bits per heavy atom. The van der Waals surface area contributed by atoms with Crippen LogP contribution in [-0.2, 0) is 11.3 Å². The van der Waals surface area contributed by atoms with Gasteiger partial charge in [-0.3, -0.25) is 5.10 Å². The van der Waals surface area contributed by atoms with E-state index >= 15 is 0 Å². The van der Waals surface area contributed by atoms with Crippen LogP contribution in [0.3, 0.4) is 0 Å². The molecule has 0 amide bonds. The second kappa shape index (κ2) is 9.42. The van der Waals surface area contributed by atoms with Crippen molar-refractivity contribution in [1.82, 2.24) is 10.2 Å². The van der Waals surface area contributed by atoms with E-state index in [2.05, 4.69) is 23.3 Å². The smallest absolute Gasteiger partial charge is 0.359 e. The first-order valence-electron chi connectivity index (χ1n) is 9.45. The Balaban J connectivity index is 1.78. The van der Waals surface area contributed by atoms with Gasteiger partial charge in [0.15, 0.2) is 5.69 Å². The molecule has 0 unspecified atom stereocenters. The number of hydrogen-bond acceptors (Lipinski definition) is 5. The Hall–Kier alpha value is -3.06. The minimum atomic E-state index is -0.844. The molecule has 7 heteroatoms. The number of carbonyl (C=O) groups excluding carboxylic acids is 1. The van der Waals surface area contributed by atoms with E-state index in [0.29, 0.717) is 18.9 Å². The lowest BCUT2D eigenvalue weighted by Gasteiger charge is -2.10. The average molecular weight is 410 g/mol. The van der Waals surface area contributed by atoms with Gasteiger partial charge < -0.3 is 14.2 Å². The van der Waals surface area contributed by atoms with Crippen molar-refractivity contribution in [2.45, 2.75) is 26.6 Å². The fourth-order valence-corrected chi connectivity index (χ4v) is 3.98. The molecule has 1 radical (unpaired) electrons.